The van der Waals surface area contributed by atoms with Crippen LogP contribution < -0.4 is 5.32 Å². The topological polar surface area (TPSA) is 72.2 Å². The molecule has 0 heterocycles. The molecule has 2 aromatic carbocycles. The lowest BCUT2D eigenvalue weighted by Crippen LogP contribution is -2.27. The molecule has 1 atom stereocenters. The summed E-state index contributed by atoms with van der Waals surface area (Å²) in [5.74, 6) is -0.499. The Hall–Kier alpha value is -2.11. The van der Waals surface area contributed by atoms with Crippen molar-refractivity contribution in [3.05, 3.63) is 73.8 Å². The molecule has 2 rings (SSSR count). The highest BCUT2D eigenvalue weighted by Crippen LogP contribution is 2.25. The molecule has 0 spiro atoms. The minimum atomic E-state index is -0.579. The minimum absolute atomic E-state index is 0.0507. The van der Waals surface area contributed by atoms with E-state index in [1.54, 1.807) is 25.1 Å². The average molecular weight is 339 g/mol. The zero-order valence-electron chi connectivity index (χ0n) is 11.5. The van der Waals surface area contributed by atoms with Crippen molar-refractivity contribution in [1.82, 2.24) is 5.32 Å². The van der Waals surface area contributed by atoms with Crippen molar-refractivity contribution in [2.45, 2.75) is 13.0 Å². The number of non-ortho nitro benzene ring substituents is 1. The number of halogens is 2. The van der Waals surface area contributed by atoms with Crippen molar-refractivity contribution in [2.75, 3.05) is 0 Å². The molecule has 0 saturated carbocycles. The van der Waals surface area contributed by atoms with Gasteiger partial charge in [0.15, 0.2) is 0 Å². The first kappa shape index (κ1) is 16.3. The van der Waals surface area contributed by atoms with Gasteiger partial charge in [-0.15, -0.1) is 0 Å². The summed E-state index contributed by atoms with van der Waals surface area (Å²) >= 11 is 12.0. The van der Waals surface area contributed by atoms with Crippen LogP contribution in [0, 0.1) is 10.1 Å². The van der Waals surface area contributed by atoms with Crippen LogP contribution in [-0.4, -0.2) is 10.8 Å². The van der Waals surface area contributed by atoms with Crippen LogP contribution in [0.15, 0.2) is 42.5 Å². The Labute approximate surface area is 137 Å². The number of amides is 1. The summed E-state index contributed by atoms with van der Waals surface area (Å²) < 4.78 is 0. The van der Waals surface area contributed by atoms with E-state index in [-0.39, 0.29) is 22.3 Å². The normalized spacial score (nSPS) is 11.8. The van der Waals surface area contributed by atoms with Crippen molar-refractivity contribution in [2.24, 2.45) is 0 Å². The molecule has 0 saturated heterocycles. The van der Waals surface area contributed by atoms with Gasteiger partial charge in [0.05, 0.1) is 21.6 Å². The Morgan fingerprint density at radius 2 is 1.86 bits per heavy atom. The Balaban J connectivity index is 2.24. The molecule has 1 amide bonds. The van der Waals surface area contributed by atoms with Gasteiger partial charge in [0.2, 0.25) is 0 Å². The third-order valence-electron chi connectivity index (χ3n) is 3.12. The van der Waals surface area contributed by atoms with Crippen molar-refractivity contribution in [1.29, 1.82) is 0 Å². The lowest BCUT2D eigenvalue weighted by molar-refractivity contribution is -0.384. The molecule has 0 aliphatic carbocycles. The van der Waals surface area contributed by atoms with Crippen LogP contribution in [0.3, 0.4) is 0 Å². The molecule has 0 aliphatic heterocycles. The first-order valence-electron chi connectivity index (χ1n) is 6.39. The van der Waals surface area contributed by atoms with Gasteiger partial charge in [-0.05, 0) is 24.6 Å². The van der Waals surface area contributed by atoms with Crippen LogP contribution in [0.5, 0.6) is 0 Å². The predicted octanol–water partition coefficient (Wildman–Crippen LogP) is 4.39. The third-order valence-corrected chi connectivity index (χ3v) is 3.80. The number of nitro benzene ring substituents is 1. The molecule has 114 valence electrons. The molecular formula is C15H12Cl2N2O3. The minimum Gasteiger partial charge on any atom is -0.345 e. The lowest BCUT2D eigenvalue weighted by Gasteiger charge is -2.16. The average Bonchev–Trinajstić information content (AvgIpc) is 2.47. The van der Waals surface area contributed by atoms with Gasteiger partial charge in [-0.25, -0.2) is 0 Å². The van der Waals surface area contributed by atoms with E-state index < -0.39 is 10.8 Å². The number of hydrogen-bond donors (Lipinski definition) is 1. The van der Waals surface area contributed by atoms with Crippen molar-refractivity contribution in [3.63, 3.8) is 0 Å². The predicted molar refractivity (Wildman–Crippen MR) is 85.4 cm³/mol. The smallest absolute Gasteiger partial charge is 0.270 e. The standard InChI is InChI=1S/C15H12Cl2N2O3/c1-9(11-4-2-3-5-13(11)16)18-15(20)12-8-10(19(21)22)6-7-14(12)17/h2-9H,1H3,(H,18,20). The maximum atomic E-state index is 12.3. The second-order valence-corrected chi connectivity index (χ2v) is 5.45. The number of benzene rings is 2. The maximum Gasteiger partial charge on any atom is 0.270 e. The molecule has 22 heavy (non-hydrogen) atoms. The number of nitrogens with one attached hydrogen (secondary N) is 1. The van der Waals surface area contributed by atoms with Crippen molar-refractivity contribution >= 4 is 34.8 Å². The van der Waals surface area contributed by atoms with Gasteiger partial charge in [-0.3, -0.25) is 14.9 Å². The Morgan fingerprint density at radius 1 is 1.18 bits per heavy atom. The molecule has 2 aromatic rings. The first-order chi connectivity index (χ1) is 10.4. The Bertz CT molecular complexity index is 734. The largest absolute Gasteiger partial charge is 0.345 e. The van der Waals surface area contributed by atoms with Crippen LogP contribution in [0.25, 0.3) is 0 Å². The molecule has 0 aromatic heterocycles. The van der Waals surface area contributed by atoms with Crippen molar-refractivity contribution < 1.29 is 9.72 Å². The monoisotopic (exact) mass is 338 g/mol. The third kappa shape index (κ3) is 3.55. The van der Waals surface area contributed by atoms with Gasteiger partial charge >= 0.3 is 0 Å². The molecule has 5 nitrogen and oxygen atoms in total. The van der Waals surface area contributed by atoms with Crippen LogP contribution in [-0.2, 0) is 0 Å². The number of nitro groups is 1. The second-order valence-electron chi connectivity index (χ2n) is 4.64. The fourth-order valence-electron chi connectivity index (χ4n) is 1.98. The van der Waals surface area contributed by atoms with Gasteiger partial charge in [0, 0.05) is 17.2 Å². The van der Waals surface area contributed by atoms with E-state index in [1.165, 1.54) is 12.1 Å². The zero-order valence-corrected chi connectivity index (χ0v) is 13.1. The van der Waals surface area contributed by atoms with E-state index in [4.69, 9.17) is 23.2 Å². The fourth-order valence-corrected chi connectivity index (χ4v) is 2.48. The maximum absolute atomic E-state index is 12.3. The summed E-state index contributed by atoms with van der Waals surface area (Å²) in [7, 11) is 0. The fraction of sp³-hybridized carbons (Fsp3) is 0.133. The second kappa shape index (κ2) is 6.77. The van der Waals surface area contributed by atoms with Gasteiger partial charge < -0.3 is 5.32 Å². The van der Waals surface area contributed by atoms with E-state index in [2.05, 4.69) is 5.32 Å². The highest BCUT2D eigenvalue weighted by Gasteiger charge is 2.18. The number of nitrogens with zero attached hydrogens (tertiary/aromatic N) is 1. The number of hydrogen-bond acceptors (Lipinski definition) is 3. The highest BCUT2D eigenvalue weighted by molar-refractivity contribution is 6.34. The quantitative estimate of drug-likeness (QED) is 0.663. The molecule has 1 unspecified atom stereocenters. The van der Waals surface area contributed by atoms with E-state index in [1.807, 2.05) is 6.07 Å². The summed E-state index contributed by atoms with van der Waals surface area (Å²) in [4.78, 5) is 22.5. The SMILES string of the molecule is CC(NC(=O)c1cc([N+](=O)[O-])ccc1Cl)c1ccccc1Cl. The van der Waals surface area contributed by atoms with Gasteiger partial charge in [-0.2, -0.15) is 0 Å². The van der Waals surface area contributed by atoms with Crippen LogP contribution in [0.2, 0.25) is 10.0 Å². The van der Waals surface area contributed by atoms with Gasteiger partial charge in [0.1, 0.15) is 0 Å². The summed E-state index contributed by atoms with van der Waals surface area (Å²) in [5.41, 5.74) is 0.605. The molecule has 0 aliphatic rings. The molecule has 7 heteroatoms. The van der Waals surface area contributed by atoms with Gasteiger partial charge in [0.25, 0.3) is 11.6 Å². The number of carbonyl (C=O) groups excluding carboxylic acids is 1. The molecule has 0 radical (unpaired) electrons. The van der Waals surface area contributed by atoms with E-state index in [9.17, 15) is 14.9 Å². The highest BCUT2D eigenvalue weighted by atomic mass is 35.5. The summed E-state index contributed by atoms with van der Waals surface area (Å²) in [5, 5.41) is 14.2. The Kier molecular flexibility index (Phi) is 5.00. The first-order valence-corrected chi connectivity index (χ1v) is 7.15. The molecule has 1 N–H and O–H groups in total. The van der Waals surface area contributed by atoms with Gasteiger partial charge in [-0.1, -0.05) is 41.4 Å². The number of carbonyl (C=O) groups is 1. The molecular weight excluding hydrogens is 327 g/mol. The van der Waals surface area contributed by atoms with Crippen molar-refractivity contribution in [3.8, 4) is 0 Å². The van der Waals surface area contributed by atoms with Crippen LogP contribution in [0.4, 0.5) is 5.69 Å². The summed E-state index contributed by atoms with van der Waals surface area (Å²) in [6, 6.07) is 10.5. The molecule has 0 bridgehead atoms. The zero-order chi connectivity index (χ0) is 16.3. The molecule has 0 fully saturated rings. The van der Waals surface area contributed by atoms with E-state index in [0.717, 1.165) is 11.6 Å². The van der Waals surface area contributed by atoms with E-state index in [0.29, 0.717) is 5.02 Å². The lowest BCUT2D eigenvalue weighted by atomic mass is 10.1. The summed E-state index contributed by atoms with van der Waals surface area (Å²) in [6.07, 6.45) is 0. The number of rotatable bonds is 4. The summed E-state index contributed by atoms with van der Waals surface area (Å²) in [6.45, 7) is 1.77. The van der Waals surface area contributed by atoms with E-state index >= 15 is 0 Å². The Morgan fingerprint density at radius 3 is 2.50 bits per heavy atom. The van der Waals surface area contributed by atoms with Crippen LogP contribution in [0.1, 0.15) is 28.9 Å². The van der Waals surface area contributed by atoms with Crippen LogP contribution >= 0.6 is 23.2 Å².